The van der Waals surface area contributed by atoms with Gasteiger partial charge in [0.2, 0.25) is 0 Å². The lowest BCUT2D eigenvalue weighted by molar-refractivity contribution is 0.444. The topological polar surface area (TPSA) is 76.4 Å². The number of nitrogens with zero attached hydrogens (tertiary/aromatic N) is 1. The molecule has 1 aromatic carbocycles. The molecule has 3 rings (SSSR count). The molecule has 2 atom stereocenters. The van der Waals surface area contributed by atoms with Crippen LogP contribution in [0.15, 0.2) is 28.4 Å². The highest BCUT2D eigenvalue weighted by Crippen LogP contribution is 2.43. The fraction of sp³-hybridized carbons (Fsp3) is 0.357. The van der Waals surface area contributed by atoms with Crippen molar-refractivity contribution in [1.82, 2.24) is 5.32 Å². The second-order valence-corrected chi connectivity index (χ2v) is 5.55. The Hall–Kier alpha value is -2.02. The molecule has 0 aromatic heterocycles. The Morgan fingerprint density at radius 3 is 2.52 bits per heavy atom. The van der Waals surface area contributed by atoms with Crippen molar-refractivity contribution < 1.29 is 13.2 Å². The zero-order chi connectivity index (χ0) is 15.4. The molecule has 0 saturated heterocycles. The van der Waals surface area contributed by atoms with Crippen LogP contribution in [0.4, 0.5) is 13.2 Å². The third kappa shape index (κ3) is 2.17. The van der Waals surface area contributed by atoms with E-state index in [0.717, 1.165) is 17.7 Å². The van der Waals surface area contributed by atoms with Gasteiger partial charge in [-0.1, -0.05) is 0 Å². The Labute approximate surface area is 119 Å². The molecule has 1 aliphatic carbocycles. The Bertz CT molecular complexity index is 656. The lowest BCUT2D eigenvalue weighted by atomic mass is 9.94. The number of allylic oxidation sites excluding steroid dienone is 1. The minimum absolute atomic E-state index is 0.161. The number of nitrogens with two attached hydrogens (primary N) is 2. The molecule has 4 nitrogen and oxygen atoms in total. The third-order valence-electron chi connectivity index (χ3n) is 3.99. The molecule has 2 aliphatic rings. The van der Waals surface area contributed by atoms with E-state index in [-0.39, 0.29) is 11.9 Å². The summed E-state index contributed by atoms with van der Waals surface area (Å²) in [5.41, 5.74) is 12.8. The Morgan fingerprint density at radius 1 is 1.29 bits per heavy atom. The maximum absolute atomic E-state index is 13.4. The number of nitrogens with one attached hydrogen (secondary N) is 1. The molecule has 1 aromatic rings. The monoisotopic (exact) mass is 296 g/mol. The van der Waals surface area contributed by atoms with Crippen molar-refractivity contribution in [3.8, 4) is 0 Å². The lowest BCUT2D eigenvalue weighted by Gasteiger charge is -2.30. The van der Waals surface area contributed by atoms with E-state index in [1.54, 1.807) is 6.92 Å². The van der Waals surface area contributed by atoms with Gasteiger partial charge in [-0.2, -0.15) is 0 Å². The molecule has 21 heavy (non-hydrogen) atoms. The first-order valence-electron chi connectivity index (χ1n) is 6.59. The average molecular weight is 296 g/mol. The fourth-order valence-electron chi connectivity index (χ4n) is 3.06. The van der Waals surface area contributed by atoms with Crippen molar-refractivity contribution in [2.45, 2.75) is 31.3 Å². The molecule has 0 bridgehead atoms. The van der Waals surface area contributed by atoms with Crippen LogP contribution in [0, 0.1) is 17.5 Å². The zero-order valence-corrected chi connectivity index (χ0v) is 11.4. The van der Waals surface area contributed by atoms with Crippen molar-refractivity contribution in [3.63, 3.8) is 0 Å². The van der Waals surface area contributed by atoms with Crippen LogP contribution in [0.5, 0.6) is 0 Å². The van der Waals surface area contributed by atoms with Crippen LogP contribution in [0.3, 0.4) is 0 Å². The molecular formula is C14H15F3N4. The van der Waals surface area contributed by atoms with E-state index in [4.69, 9.17) is 11.5 Å². The number of guanidine groups is 1. The van der Waals surface area contributed by atoms with Crippen LogP contribution in [0.2, 0.25) is 0 Å². The third-order valence-corrected chi connectivity index (χ3v) is 3.99. The molecule has 0 spiro atoms. The van der Waals surface area contributed by atoms with Crippen LogP contribution in [0.1, 0.15) is 31.2 Å². The summed E-state index contributed by atoms with van der Waals surface area (Å²) >= 11 is 0. The standard InChI is InChI=1S/C14H15F3N4/c1-14(19)8-3-2-7(12(8)20-13(18)21-14)6-4-9(15)11(17)10(16)5-6/h4-5,7H,2-3,19H2,1H3,(H3,18,20,21). The summed E-state index contributed by atoms with van der Waals surface area (Å²) in [5, 5.41) is 2.92. The first-order valence-corrected chi connectivity index (χ1v) is 6.59. The van der Waals surface area contributed by atoms with Crippen LogP contribution < -0.4 is 16.8 Å². The molecule has 0 radical (unpaired) electrons. The first-order chi connectivity index (χ1) is 9.79. The van der Waals surface area contributed by atoms with Gasteiger partial charge in [-0.15, -0.1) is 0 Å². The summed E-state index contributed by atoms with van der Waals surface area (Å²) in [6, 6.07) is 2.02. The van der Waals surface area contributed by atoms with Gasteiger partial charge in [0.05, 0.1) is 0 Å². The van der Waals surface area contributed by atoms with E-state index >= 15 is 0 Å². The Kier molecular flexibility index (Phi) is 2.98. The summed E-state index contributed by atoms with van der Waals surface area (Å²) in [6.07, 6.45) is 1.25. The van der Waals surface area contributed by atoms with Gasteiger partial charge < -0.3 is 16.8 Å². The molecule has 7 heteroatoms. The van der Waals surface area contributed by atoms with E-state index < -0.39 is 23.1 Å². The highest BCUT2D eigenvalue weighted by atomic mass is 19.2. The summed E-state index contributed by atoms with van der Waals surface area (Å²) in [5.74, 6) is -4.01. The highest BCUT2D eigenvalue weighted by molar-refractivity contribution is 5.82. The normalized spacial score (nSPS) is 28.2. The Morgan fingerprint density at radius 2 is 1.90 bits per heavy atom. The number of benzene rings is 1. The van der Waals surface area contributed by atoms with Crippen molar-refractivity contribution in [3.05, 3.63) is 46.4 Å². The number of hydrogen-bond acceptors (Lipinski definition) is 4. The maximum atomic E-state index is 13.4. The molecule has 0 fully saturated rings. The van der Waals surface area contributed by atoms with Crippen molar-refractivity contribution in [2.75, 3.05) is 0 Å². The van der Waals surface area contributed by atoms with Gasteiger partial charge in [-0.3, -0.25) is 0 Å². The average Bonchev–Trinajstić information content (AvgIpc) is 2.78. The molecule has 5 N–H and O–H groups in total. The minimum atomic E-state index is -1.47. The largest absolute Gasteiger partial charge is 0.370 e. The zero-order valence-electron chi connectivity index (χ0n) is 11.4. The van der Waals surface area contributed by atoms with Crippen molar-refractivity contribution in [1.29, 1.82) is 0 Å². The number of hydrogen-bond donors (Lipinski definition) is 3. The van der Waals surface area contributed by atoms with E-state index in [9.17, 15) is 13.2 Å². The molecule has 1 heterocycles. The fourth-order valence-corrected chi connectivity index (χ4v) is 3.06. The Balaban J connectivity index is 2.04. The van der Waals surface area contributed by atoms with Crippen LogP contribution in [-0.4, -0.2) is 11.6 Å². The van der Waals surface area contributed by atoms with Gasteiger partial charge in [-0.25, -0.2) is 18.2 Å². The predicted molar refractivity (Wildman–Crippen MR) is 72.7 cm³/mol. The second kappa shape index (κ2) is 4.49. The van der Waals surface area contributed by atoms with Gasteiger partial charge in [0.1, 0.15) is 5.66 Å². The summed E-state index contributed by atoms with van der Waals surface area (Å²) in [4.78, 5) is 4.13. The SMILES string of the molecule is CC1(N)N=C(N)NC2=C1CCC2c1cc(F)c(F)c(F)c1. The van der Waals surface area contributed by atoms with E-state index in [0.29, 0.717) is 24.1 Å². The number of rotatable bonds is 1. The number of aliphatic imine (C=N–C) groups is 1. The quantitative estimate of drug-likeness (QED) is 0.692. The van der Waals surface area contributed by atoms with Gasteiger partial charge >= 0.3 is 0 Å². The molecule has 0 saturated carbocycles. The molecular weight excluding hydrogens is 281 g/mol. The summed E-state index contributed by atoms with van der Waals surface area (Å²) in [7, 11) is 0. The molecule has 0 amide bonds. The maximum Gasteiger partial charge on any atom is 0.195 e. The molecule has 1 aliphatic heterocycles. The van der Waals surface area contributed by atoms with E-state index in [2.05, 4.69) is 10.3 Å². The van der Waals surface area contributed by atoms with Crippen molar-refractivity contribution in [2.24, 2.45) is 16.5 Å². The van der Waals surface area contributed by atoms with Crippen LogP contribution in [0.25, 0.3) is 0 Å². The second-order valence-electron chi connectivity index (χ2n) is 5.55. The number of halogens is 3. The first kappa shape index (κ1) is 13.9. The van der Waals surface area contributed by atoms with Gasteiger partial charge in [0.15, 0.2) is 23.4 Å². The molecule has 2 unspecified atom stereocenters. The van der Waals surface area contributed by atoms with Gasteiger partial charge in [0, 0.05) is 11.6 Å². The summed E-state index contributed by atoms with van der Waals surface area (Å²) in [6.45, 7) is 1.73. The smallest absolute Gasteiger partial charge is 0.195 e. The van der Waals surface area contributed by atoms with Crippen molar-refractivity contribution >= 4 is 5.96 Å². The van der Waals surface area contributed by atoms with Crippen LogP contribution in [-0.2, 0) is 0 Å². The molecule has 112 valence electrons. The van der Waals surface area contributed by atoms with Gasteiger partial charge in [-0.05, 0) is 43.0 Å². The summed E-state index contributed by atoms with van der Waals surface area (Å²) < 4.78 is 39.9. The van der Waals surface area contributed by atoms with E-state index in [1.807, 2.05) is 0 Å². The lowest BCUT2D eigenvalue weighted by Crippen LogP contribution is -2.47. The predicted octanol–water partition coefficient (Wildman–Crippen LogP) is 1.83. The highest BCUT2D eigenvalue weighted by Gasteiger charge is 2.39. The van der Waals surface area contributed by atoms with Crippen LogP contribution >= 0.6 is 0 Å². The minimum Gasteiger partial charge on any atom is -0.370 e. The van der Waals surface area contributed by atoms with E-state index in [1.165, 1.54) is 0 Å². The van der Waals surface area contributed by atoms with Gasteiger partial charge in [0.25, 0.3) is 0 Å².